The van der Waals surface area contributed by atoms with Gasteiger partial charge in [0.15, 0.2) is 0 Å². The monoisotopic (exact) mass is 408 g/mol. The van der Waals surface area contributed by atoms with Crippen LogP contribution in [0.1, 0.15) is 16.8 Å². The van der Waals surface area contributed by atoms with E-state index in [0.29, 0.717) is 22.5 Å². The molecule has 148 valence electrons. The van der Waals surface area contributed by atoms with Crippen LogP contribution >= 0.6 is 0 Å². The van der Waals surface area contributed by atoms with Gasteiger partial charge in [-0.2, -0.15) is 10.2 Å². The summed E-state index contributed by atoms with van der Waals surface area (Å²) in [6, 6.07) is 13.7. The molecule has 0 aliphatic rings. The molecule has 3 aromatic rings. The molecule has 29 heavy (non-hydrogen) atoms. The van der Waals surface area contributed by atoms with Crippen LogP contribution in [0.5, 0.6) is 0 Å². The fraction of sp³-hybridized carbons (Fsp3) is 0.0952. The third-order valence-corrected chi connectivity index (χ3v) is 5.24. The van der Waals surface area contributed by atoms with E-state index in [1.54, 1.807) is 31.2 Å². The molecule has 3 rings (SSSR count). The normalized spacial score (nSPS) is 11.1. The van der Waals surface area contributed by atoms with E-state index < -0.39 is 10.0 Å². The number of sulfonamides is 1. The molecule has 0 saturated heterocycles. The Morgan fingerprint density at radius 3 is 2.66 bits per heavy atom. The van der Waals surface area contributed by atoms with E-state index in [0.717, 1.165) is 11.1 Å². The Labute approximate surface area is 169 Å². The highest BCUT2D eigenvalue weighted by Gasteiger charge is 2.18. The second-order valence-electron chi connectivity index (χ2n) is 6.47. The summed E-state index contributed by atoms with van der Waals surface area (Å²) < 4.78 is 24.3. The van der Waals surface area contributed by atoms with Crippen molar-refractivity contribution in [3.8, 4) is 11.1 Å². The van der Waals surface area contributed by atoms with E-state index in [-0.39, 0.29) is 17.2 Å². The number of anilines is 1. The lowest BCUT2D eigenvalue weighted by Gasteiger charge is -2.12. The maximum Gasteiger partial charge on any atom is 0.238 e. The van der Waals surface area contributed by atoms with Crippen molar-refractivity contribution >= 4 is 27.7 Å². The number of hydrogen-bond donors (Lipinski definition) is 2. The molecule has 0 atom stereocenters. The molecule has 0 saturated carbocycles. The summed E-state index contributed by atoms with van der Waals surface area (Å²) in [5, 5.41) is 15.9. The van der Waals surface area contributed by atoms with Crippen LogP contribution in [0.4, 0.5) is 5.69 Å². The van der Waals surface area contributed by atoms with Gasteiger partial charge in [-0.1, -0.05) is 43.0 Å². The Hall–Kier alpha value is -3.36. The number of nitrogens with one attached hydrogen (secondary N) is 1. The van der Waals surface area contributed by atoms with Gasteiger partial charge in [-0.15, -0.1) is 0 Å². The number of carbonyl (C=O) groups excluding carboxylic acids is 1. The third kappa shape index (κ3) is 4.92. The summed E-state index contributed by atoms with van der Waals surface area (Å²) in [6.07, 6.45) is 3.27. The molecule has 0 aliphatic carbocycles. The molecule has 2 aromatic carbocycles. The number of benzene rings is 2. The van der Waals surface area contributed by atoms with Crippen molar-refractivity contribution in [1.29, 1.82) is 0 Å². The van der Waals surface area contributed by atoms with Crippen LogP contribution in [0.25, 0.3) is 17.2 Å². The molecule has 0 unspecified atom stereocenters. The lowest BCUT2D eigenvalue weighted by molar-refractivity contribution is -0.115. The van der Waals surface area contributed by atoms with E-state index >= 15 is 0 Å². The SMILES string of the molecule is C=Cc1ccccc1CC(=O)Nc1ccc(-c2cnnc(C)c2)c(S(N)(=O)=O)c1. The molecule has 8 heteroatoms. The Morgan fingerprint density at radius 2 is 1.97 bits per heavy atom. The van der Waals surface area contributed by atoms with Crippen LogP contribution in [0.3, 0.4) is 0 Å². The highest BCUT2D eigenvalue weighted by Crippen LogP contribution is 2.29. The number of aryl methyl sites for hydroxylation is 1. The number of amides is 1. The number of carbonyl (C=O) groups is 1. The van der Waals surface area contributed by atoms with Gasteiger partial charge in [0.1, 0.15) is 0 Å². The molecular formula is C21H20N4O3S. The van der Waals surface area contributed by atoms with Crippen LogP contribution < -0.4 is 10.5 Å². The van der Waals surface area contributed by atoms with E-state index in [4.69, 9.17) is 5.14 Å². The van der Waals surface area contributed by atoms with E-state index in [1.807, 2.05) is 24.3 Å². The van der Waals surface area contributed by atoms with Gasteiger partial charge in [-0.3, -0.25) is 4.79 Å². The van der Waals surface area contributed by atoms with E-state index in [9.17, 15) is 13.2 Å². The van der Waals surface area contributed by atoms with Gasteiger partial charge in [0.2, 0.25) is 15.9 Å². The van der Waals surface area contributed by atoms with Gasteiger partial charge in [0.25, 0.3) is 0 Å². The number of aromatic nitrogens is 2. The molecular weight excluding hydrogens is 388 g/mol. The molecule has 1 aromatic heterocycles. The fourth-order valence-electron chi connectivity index (χ4n) is 2.97. The highest BCUT2D eigenvalue weighted by atomic mass is 32.2. The van der Waals surface area contributed by atoms with Crippen molar-refractivity contribution in [2.45, 2.75) is 18.2 Å². The average molecular weight is 408 g/mol. The largest absolute Gasteiger partial charge is 0.326 e. The number of nitrogens with two attached hydrogens (primary N) is 1. The molecule has 0 bridgehead atoms. The van der Waals surface area contributed by atoms with Gasteiger partial charge in [-0.05, 0) is 36.2 Å². The fourth-order valence-corrected chi connectivity index (χ4v) is 3.75. The van der Waals surface area contributed by atoms with Gasteiger partial charge in [0.05, 0.1) is 23.2 Å². The summed E-state index contributed by atoms with van der Waals surface area (Å²) in [5.74, 6) is -0.283. The Morgan fingerprint density at radius 1 is 1.21 bits per heavy atom. The summed E-state index contributed by atoms with van der Waals surface area (Å²) in [6.45, 7) is 5.50. The topological polar surface area (TPSA) is 115 Å². The second-order valence-corrected chi connectivity index (χ2v) is 8.00. The van der Waals surface area contributed by atoms with Crippen molar-refractivity contribution in [1.82, 2.24) is 10.2 Å². The van der Waals surface area contributed by atoms with Crippen LogP contribution in [0.15, 0.2) is 66.2 Å². The van der Waals surface area contributed by atoms with Gasteiger partial charge < -0.3 is 5.32 Å². The Kier molecular flexibility index (Phi) is 5.86. The van der Waals surface area contributed by atoms with Crippen molar-refractivity contribution in [3.05, 3.63) is 78.1 Å². The summed E-state index contributed by atoms with van der Waals surface area (Å²) in [4.78, 5) is 12.4. The van der Waals surface area contributed by atoms with Crippen molar-refractivity contribution in [3.63, 3.8) is 0 Å². The minimum absolute atomic E-state index is 0.103. The van der Waals surface area contributed by atoms with Crippen molar-refractivity contribution in [2.75, 3.05) is 5.32 Å². The molecule has 1 heterocycles. The van der Waals surface area contributed by atoms with Crippen molar-refractivity contribution in [2.24, 2.45) is 5.14 Å². The number of nitrogens with zero attached hydrogens (tertiary/aromatic N) is 2. The smallest absolute Gasteiger partial charge is 0.238 e. The summed E-state index contributed by atoms with van der Waals surface area (Å²) in [7, 11) is -4.04. The van der Waals surface area contributed by atoms with Crippen LogP contribution in [-0.4, -0.2) is 24.5 Å². The summed E-state index contributed by atoms with van der Waals surface area (Å²) in [5.41, 5.74) is 3.61. The first kappa shape index (κ1) is 20.4. The lowest BCUT2D eigenvalue weighted by atomic mass is 10.0. The first-order chi connectivity index (χ1) is 13.8. The summed E-state index contributed by atoms with van der Waals surface area (Å²) >= 11 is 0. The minimum Gasteiger partial charge on any atom is -0.326 e. The second kappa shape index (κ2) is 8.34. The molecule has 1 amide bonds. The quantitative estimate of drug-likeness (QED) is 0.651. The van der Waals surface area contributed by atoms with Crippen LogP contribution in [0.2, 0.25) is 0 Å². The number of hydrogen-bond acceptors (Lipinski definition) is 5. The predicted molar refractivity (Wildman–Crippen MR) is 112 cm³/mol. The first-order valence-corrected chi connectivity index (χ1v) is 10.3. The first-order valence-electron chi connectivity index (χ1n) is 8.74. The van der Waals surface area contributed by atoms with Crippen LogP contribution in [-0.2, 0) is 21.2 Å². The van der Waals surface area contributed by atoms with Gasteiger partial charge in [0, 0.05) is 16.8 Å². The molecule has 0 spiro atoms. The standard InChI is InChI=1S/C21H20N4O3S/c1-3-15-6-4-5-7-16(15)11-21(26)24-18-8-9-19(20(12-18)29(22,27)28)17-10-14(2)25-23-13-17/h3-10,12-13H,1,11H2,2H3,(H,24,26)(H2,22,27,28). The van der Waals surface area contributed by atoms with Gasteiger partial charge in [-0.25, -0.2) is 13.6 Å². The maximum absolute atomic E-state index is 12.5. The molecule has 0 fully saturated rings. The third-order valence-electron chi connectivity index (χ3n) is 4.29. The molecule has 7 nitrogen and oxygen atoms in total. The van der Waals surface area contributed by atoms with Crippen LogP contribution in [0, 0.1) is 6.92 Å². The maximum atomic E-state index is 12.5. The zero-order chi connectivity index (χ0) is 21.0. The van der Waals surface area contributed by atoms with Gasteiger partial charge >= 0.3 is 0 Å². The molecule has 3 N–H and O–H groups in total. The van der Waals surface area contributed by atoms with Crippen molar-refractivity contribution < 1.29 is 13.2 Å². The zero-order valence-corrected chi connectivity index (χ0v) is 16.6. The zero-order valence-electron chi connectivity index (χ0n) is 15.8. The number of primary sulfonamides is 1. The Bertz CT molecular complexity index is 1190. The minimum atomic E-state index is -4.04. The van der Waals surface area contributed by atoms with E-state index in [1.165, 1.54) is 12.3 Å². The Balaban J connectivity index is 1.91. The lowest BCUT2D eigenvalue weighted by Crippen LogP contribution is -2.17. The highest BCUT2D eigenvalue weighted by molar-refractivity contribution is 7.89. The number of rotatable bonds is 6. The molecule has 0 radical (unpaired) electrons. The molecule has 0 aliphatic heterocycles. The predicted octanol–water partition coefficient (Wildman–Crippen LogP) is 2.92. The average Bonchev–Trinajstić information content (AvgIpc) is 2.67. The van der Waals surface area contributed by atoms with E-state index in [2.05, 4.69) is 22.1 Å².